The van der Waals surface area contributed by atoms with E-state index in [1.807, 2.05) is 0 Å². The number of likely N-dealkylation sites (N-methyl/N-ethyl adjacent to an activating group) is 1. The fourth-order valence-electron chi connectivity index (χ4n) is 0.861. The lowest BCUT2D eigenvalue weighted by Gasteiger charge is -2.24. The average molecular weight is 227 g/mol. The van der Waals surface area contributed by atoms with Crippen LogP contribution >= 0.6 is 22.9 Å². The Kier molecular flexibility index (Phi) is 2.52. The van der Waals surface area contributed by atoms with Gasteiger partial charge in [0, 0.05) is 22.9 Å². The van der Waals surface area contributed by atoms with Gasteiger partial charge < -0.3 is 4.90 Å². The maximum atomic E-state index is 2.39. The minimum Gasteiger partial charge on any atom is -0.335 e. The van der Waals surface area contributed by atoms with Gasteiger partial charge in [0.1, 0.15) is 0 Å². The number of rotatable bonds is 0. The molecule has 1 N–H and O–H groups in total. The lowest BCUT2D eigenvalue weighted by atomic mass is 10.4. The van der Waals surface area contributed by atoms with Crippen LogP contribution in [0.2, 0.25) is 0 Å². The lowest BCUT2D eigenvalue weighted by Crippen LogP contribution is -3.11. The summed E-state index contributed by atoms with van der Waals surface area (Å²) in [7, 11) is 2.25. The average Bonchev–Trinajstić information content (AvgIpc) is 1.77. The Hall–Kier alpha value is 0.650. The molecular weight excluding hydrogens is 215 g/mol. The molecule has 1 rings (SSSR count). The van der Waals surface area contributed by atoms with Gasteiger partial charge in [0.05, 0.1) is 33.2 Å². The summed E-state index contributed by atoms with van der Waals surface area (Å²) in [5, 5.41) is 0. The third-order valence-corrected chi connectivity index (χ3v) is 2.53. The van der Waals surface area contributed by atoms with Crippen LogP contribution in [-0.2, 0) is 0 Å². The van der Waals surface area contributed by atoms with Gasteiger partial charge in [-0.3, -0.25) is 0 Å². The molecule has 2 nitrogen and oxygen atoms in total. The molecule has 0 unspecified atom stereocenters. The molecular formula is C5H12IN2+. The zero-order chi connectivity index (χ0) is 5.98. The van der Waals surface area contributed by atoms with Gasteiger partial charge in [-0.2, -0.15) is 0 Å². The zero-order valence-corrected chi connectivity index (χ0v) is 7.31. The first kappa shape index (κ1) is 6.77. The second kappa shape index (κ2) is 2.98. The van der Waals surface area contributed by atoms with Crippen molar-refractivity contribution in [3.8, 4) is 0 Å². The van der Waals surface area contributed by atoms with E-state index in [1.165, 1.54) is 26.2 Å². The first-order valence-corrected chi connectivity index (χ1v) is 3.97. The fraction of sp³-hybridized carbons (Fsp3) is 1.00. The van der Waals surface area contributed by atoms with Crippen LogP contribution in [-0.4, -0.2) is 36.3 Å². The van der Waals surface area contributed by atoms with Crippen LogP contribution in [0.1, 0.15) is 0 Å². The van der Waals surface area contributed by atoms with E-state index in [-0.39, 0.29) is 0 Å². The predicted molar refractivity (Wildman–Crippen MR) is 42.2 cm³/mol. The van der Waals surface area contributed by atoms with Crippen molar-refractivity contribution in [1.29, 1.82) is 0 Å². The fourth-order valence-corrected chi connectivity index (χ4v) is 1.34. The third-order valence-electron chi connectivity index (χ3n) is 1.56. The molecule has 0 saturated carbocycles. The summed E-state index contributed by atoms with van der Waals surface area (Å²) in [4.78, 5) is 1.66. The van der Waals surface area contributed by atoms with E-state index >= 15 is 0 Å². The third kappa shape index (κ3) is 1.87. The number of hydrogen-bond donors (Lipinski definition) is 1. The van der Waals surface area contributed by atoms with Gasteiger partial charge in [0.2, 0.25) is 0 Å². The van der Waals surface area contributed by atoms with Crippen molar-refractivity contribution in [3.05, 3.63) is 0 Å². The smallest absolute Gasteiger partial charge is 0.0906 e. The van der Waals surface area contributed by atoms with Gasteiger partial charge in [0.15, 0.2) is 0 Å². The van der Waals surface area contributed by atoms with Crippen LogP contribution in [0.5, 0.6) is 0 Å². The van der Waals surface area contributed by atoms with Crippen molar-refractivity contribution in [1.82, 2.24) is 3.11 Å². The van der Waals surface area contributed by atoms with Crippen molar-refractivity contribution in [2.75, 3.05) is 33.2 Å². The second-order valence-corrected chi connectivity index (χ2v) is 3.73. The molecule has 0 aromatic rings. The molecule has 0 spiro atoms. The molecule has 3 heteroatoms. The largest absolute Gasteiger partial charge is 0.335 e. The Labute approximate surface area is 64.3 Å². The van der Waals surface area contributed by atoms with Gasteiger partial charge in [-0.1, -0.05) is 0 Å². The number of nitrogens with one attached hydrogen (secondary N) is 1. The van der Waals surface area contributed by atoms with Crippen molar-refractivity contribution in [3.63, 3.8) is 0 Å². The van der Waals surface area contributed by atoms with E-state index in [4.69, 9.17) is 0 Å². The van der Waals surface area contributed by atoms with Gasteiger partial charge in [0.25, 0.3) is 0 Å². The Bertz CT molecular complexity index is 58.8. The molecule has 1 aliphatic heterocycles. The lowest BCUT2D eigenvalue weighted by molar-refractivity contribution is -0.883. The molecule has 1 saturated heterocycles. The maximum Gasteiger partial charge on any atom is 0.0906 e. The van der Waals surface area contributed by atoms with Crippen LogP contribution in [0.4, 0.5) is 0 Å². The molecule has 0 aliphatic carbocycles. The Morgan fingerprint density at radius 2 is 1.88 bits per heavy atom. The first-order valence-electron chi connectivity index (χ1n) is 3.01. The summed E-state index contributed by atoms with van der Waals surface area (Å²) >= 11 is 2.39. The molecule has 1 heterocycles. The first-order chi connectivity index (χ1) is 3.79. The van der Waals surface area contributed by atoms with E-state index in [2.05, 4.69) is 33.0 Å². The Morgan fingerprint density at radius 1 is 1.38 bits per heavy atom. The topological polar surface area (TPSA) is 7.68 Å². The van der Waals surface area contributed by atoms with Gasteiger partial charge in [-0.15, -0.1) is 0 Å². The van der Waals surface area contributed by atoms with Crippen LogP contribution < -0.4 is 4.90 Å². The van der Waals surface area contributed by atoms with Crippen LogP contribution in [0.3, 0.4) is 0 Å². The highest BCUT2D eigenvalue weighted by atomic mass is 127. The van der Waals surface area contributed by atoms with E-state index in [9.17, 15) is 0 Å². The second-order valence-electron chi connectivity index (χ2n) is 2.37. The van der Waals surface area contributed by atoms with Crippen LogP contribution in [0, 0.1) is 0 Å². The molecule has 48 valence electrons. The summed E-state index contributed by atoms with van der Waals surface area (Å²) in [6.07, 6.45) is 0. The van der Waals surface area contributed by atoms with Crippen molar-refractivity contribution in [2.45, 2.75) is 0 Å². The minimum absolute atomic E-state index is 1.26. The summed E-state index contributed by atoms with van der Waals surface area (Å²) in [6.45, 7) is 5.13. The van der Waals surface area contributed by atoms with E-state index in [1.54, 1.807) is 4.90 Å². The number of quaternary nitrogens is 1. The summed E-state index contributed by atoms with van der Waals surface area (Å²) in [5.41, 5.74) is 0. The number of halogens is 1. The molecule has 8 heavy (non-hydrogen) atoms. The van der Waals surface area contributed by atoms with E-state index in [0.29, 0.717) is 0 Å². The molecule has 0 aromatic carbocycles. The van der Waals surface area contributed by atoms with Gasteiger partial charge in [-0.25, -0.2) is 3.11 Å². The number of piperazine rings is 1. The summed E-state index contributed by atoms with van der Waals surface area (Å²) in [5.74, 6) is 0. The Balaban J connectivity index is 2.19. The molecule has 0 bridgehead atoms. The minimum atomic E-state index is 1.26. The zero-order valence-electron chi connectivity index (χ0n) is 5.15. The number of hydrogen-bond acceptors (Lipinski definition) is 1. The van der Waals surface area contributed by atoms with E-state index < -0.39 is 0 Å². The summed E-state index contributed by atoms with van der Waals surface area (Å²) < 4.78 is 2.35. The quantitative estimate of drug-likeness (QED) is 0.419. The highest BCUT2D eigenvalue weighted by molar-refractivity contribution is 14.1. The maximum absolute atomic E-state index is 2.39. The van der Waals surface area contributed by atoms with Crippen LogP contribution in [0.25, 0.3) is 0 Å². The van der Waals surface area contributed by atoms with Crippen molar-refractivity contribution >= 4 is 22.9 Å². The molecule has 0 amide bonds. The standard InChI is InChI=1S/C5H11IN2/c1-7-2-4-8(6)5-3-7/h2-5H2,1H3/p+1. The van der Waals surface area contributed by atoms with Crippen molar-refractivity contribution in [2.24, 2.45) is 0 Å². The summed E-state index contributed by atoms with van der Waals surface area (Å²) in [6, 6.07) is 0. The van der Waals surface area contributed by atoms with Crippen LogP contribution in [0.15, 0.2) is 0 Å². The molecule has 0 atom stereocenters. The molecule has 1 aliphatic rings. The molecule has 1 fully saturated rings. The Morgan fingerprint density at radius 3 is 2.25 bits per heavy atom. The molecule has 0 radical (unpaired) electrons. The highest BCUT2D eigenvalue weighted by Crippen LogP contribution is 1.95. The molecule has 0 aromatic heterocycles. The SMILES string of the molecule is C[NH+]1CCN(I)CC1. The normalized spacial score (nSPS) is 26.2. The van der Waals surface area contributed by atoms with Crippen molar-refractivity contribution < 1.29 is 4.90 Å². The van der Waals surface area contributed by atoms with Gasteiger partial charge >= 0.3 is 0 Å². The van der Waals surface area contributed by atoms with Gasteiger partial charge in [-0.05, 0) is 0 Å². The predicted octanol–water partition coefficient (Wildman–Crippen LogP) is -0.833. The highest BCUT2D eigenvalue weighted by Gasteiger charge is 2.12. The van der Waals surface area contributed by atoms with E-state index in [0.717, 1.165) is 0 Å². The number of nitrogens with zero attached hydrogens (tertiary/aromatic N) is 1. The monoisotopic (exact) mass is 227 g/mol.